The van der Waals surface area contributed by atoms with Crippen LogP contribution in [-0.2, 0) is 35.2 Å². The van der Waals surface area contributed by atoms with Gasteiger partial charge in [0.25, 0.3) is 0 Å². The molecule has 0 bridgehead atoms. The van der Waals surface area contributed by atoms with E-state index in [0.29, 0.717) is 57.8 Å². The Balaban J connectivity index is 2.85. The zero-order valence-corrected chi connectivity index (χ0v) is 31.3. The lowest BCUT2D eigenvalue weighted by molar-refractivity contribution is -0.143. The second kappa shape index (κ2) is 23.9. The summed E-state index contributed by atoms with van der Waals surface area (Å²) in [4.78, 5) is 76.9. The molecule has 1 rings (SSSR count). The van der Waals surface area contributed by atoms with Gasteiger partial charge in [0, 0.05) is 0 Å². The van der Waals surface area contributed by atoms with Gasteiger partial charge in [0.15, 0.2) is 0 Å². The number of benzene rings is 1. The van der Waals surface area contributed by atoms with Crippen molar-refractivity contribution < 1.29 is 28.8 Å². The molecule has 14 N–H and O–H groups in total. The van der Waals surface area contributed by atoms with Crippen LogP contribution in [0.4, 0.5) is 0 Å². The highest BCUT2D eigenvalue weighted by Crippen LogP contribution is 2.20. The van der Waals surface area contributed by atoms with Crippen LogP contribution >= 0.6 is 0 Å². The van der Waals surface area contributed by atoms with Crippen LogP contribution in [0.15, 0.2) is 42.5 Å². The minimum Gasteiger partial charge on any atom is -0.344 e. The summed E-state index contributed by atoms with van der Waals surface area (Å²) in [6, 6.07) is 6.53. The van der Waals surface area contributed by atoms with E-state index in [1.54, 1.807) is 20.8 Å². The summed E-state index contributed by atoms with van der Waals surface area (Å²) in [5.41, 5.74) is 32.7. The summed E-state index contributed by atoms with van der Waals surface area (Å²) in [5.74, 6) is -3.75. The molecule has 0 radical (unpaired) electrons. The number of allylic oxidation sites excluding steroid dienone is 2. The maximum Gasteiger partial charge on any atom is 0.234 e. The molecule has 292 valence electrons. The van der Waals surface area contributed by atoms with Crippen LogP contribution in [0.2, 0.25) is 0 Å². The standard InChI is InChI=1S/C37H63N9O6/c1-5-25(2)30(44-29(48)23-38)32(50)34(52)37(4,46-45-27(24-47)18-15-21-43-35(40)41)20-14-9-7-6-8-13-19-36(3,42)33(51)31(49)28(39)22-26-16-11-10-12-17-26/h6-7,10-12,16-17,24-25,27-28,30,35,43,45-46H,5,8-9,13-15,18-23,38-42H2,1-4H3,(H,44,48)/b7-6-/t25-,27-,28-,30?,36-,37-/m0/s1. The van der Waals surface area contributed by atoms with Crippen molar-refractivity contribution in [3.63, 3.8) is 0 Å². The molecule has 15 nitrogen and oxygen atoms in total. The van der Waals surface area contributed by atoms with Gasteiger partial charge in [-0.1, -0.05) is 62.8 Å². The second-order valence-electron chi connectivity index (χ2n) is 14.0. The third-order valence-corrected chi connectivity index (χ3v) is 9.15. The summed E-state index contributed by atoms with van der Waals surface area (Å²) in [5, 5.41) is 5.46. The molecule has 0 aliphatic rings. The van der Waals surface area contributed by atoms with Gasteiger partial charge in [0.05, 0.1) is 35.7 Å². The number of ketones is 4. The topological polar surface area (TPSA) is 281 Å². The summed E-state index contributed by atoms with van der Waals surface area (Å²) < 4.78 is 0. The van der Waals surface area contributed by atoms with Gasteiger partial charge in [0.2, 0.25) is 29.0 Å². The summed E-state index contributed by atoms with van der Waals surface area (Å²) in [7, 11) is 0. The number of rotatable bonds is 29. The molecule has 15 heteroatoms. The third kappa shape index (κ3) is 16.4. The van der Waals surface area contributed by atoms with Crippen LogP contribution in [0.1, 0.15) is 91.0 Å². The zero-order chi connectivity index (χ0) is 39.3. The lowest BCUT2D eigenvalue weighted by atomic mass is 9.83. The van der Waals surface area contributed by atoms with Crippen molar-refractivity contribution in [2.45, 2.75) is 127 Å². The highest BCUT2D eigenvalue weighted by atomic mass is 16.2. The number of hydrogen-bond donors (Lipinski definition) is 9. The highest BCUT2D eigenvalue weighted by Gasteiger charge is 2.42. The molecule has 52 heavy (non-hydrogen) atoms. The number of Topliss-reactive ketones (excluding diaryl/α,β-unsaturated/α-hetero) is 4. The number of amides is 1. The highest BCUT2D eigenvalue weighted by molar-refractivity contribution is 6.43. The lowest BCUT2D eigenvalue weighted by Gasteiger charge is -2.33. The van der Waals surface area contributed by atoms with Crippen molar-refractivity contribution in [3.8, 4) is 0 Å². The average molecular weight is 730 g/mol. The van der Waals surface area contributed by atoms with Crippen molar-refractivity contribution in [2.24, 2.45) is 34.6 Å². The number of hydrazine groups is 1. The first-order chi connectivity index (χ1) is 24.5. The monoisotopic (exact) mass is 729 g/mol. The molecular formula is C37H63N9O6. The van der Waals surface area contributed by atoms with E-state index in [1.165, 1.54) is 0 Å². The minimum atomic E-state index is -1.42. The van der Waals surface area contributed by atoms with Gasteiger partial charge in [-0.15, -0.1) is 0 Å². The molecule has 0 spiro atoms. The molecule has 0 fully saturated rings. The summed E-state index contributed by atoms with van der Waals surface area (Å²) >= 11 is 0. The van der Waals surface area contributed by atoms with Gasteiger partial charge < -0.3 is 38.8 Å². The van der Waals surface area contributed by atoms with Gasteiger partial charge in [-0.05, 0) is 89.7 Å². The lowest BCUT2D eigenvalue weighted by Crippen LogP contribution is -2.63. The fourth-order valence-corrected chi connectivity index (χ4v) is 5.52. The van der Waals surface area contributed by atoms with E-state index in [1.807, 2.05) is 49.4 Å². The SMILES string of the molecule is CC[C@H](C)C(NC(=O)CN)C(=O)C(=O)[C@](C)(CCC/C=C\CCC[C@](C)(N)C(=O)C(=O)[C@@H](N)Cc1ccccc1)NN[C@H](C=O)CCCNC(N)N. The molecular weight excluding hydrogens is 666 g/mol. The second-order valence-corrected chi connectivity index (χ2v) is 14.0. The quantitative estimate of drug-likeness (QED) is 0.0130. The van der Waals surface area contributed by atoms with Crippen molar-refractivity contribution in [1.29, 1.82) is 0 Å². The summed E-state index contributed by atoms with van der Waals surface area (Å²) in [6.07, 6.45) is 8.36. The fourth-order valence-electron chi connectivity index (χ4n) is 5.52. The van der Waals surface area contributed by atoms with Crippen molar-refractivity contribution in [1.82, 2.24) is 21.5 Å². The van der Waals surface area contributed by atoms with Crippen LogP contribution in [-0.4, -0.2) is 83.9 Å². The van der Waals surface area contributed by atoms with Crippen molar-refractivity contribution in [2.75, 3.05) is 13.1 Å². The molecule has 0 aliphatic heterocycles. The van der Waals surface area contributed by atoms with Crippen molar-refractivity contribution in [3.05, 3.63) is 48.0 Å². The molecule has 0 heterocycles. The molecule has 0 aliphatic carbocycles. The number of carbonyl (C=O) groups excluding carboxylic acids is 6. The van der Waals surface area contributed by atoms with E-state index in [4.69, 9.17) is 28.7 Å². The minimum absolute atomic E-state index is 0.225. The van der Waals surface area contributed by atoms with E-state index in [9.17, 15) is 28.8 Å². The first kappa shape index (κ1) is 46.5. The van der Waals surface area contributed by atoms with E-state index in [0.717, 1.165) is 5.56 Å². The number of carbonyl (C=O) groups is 6. The number of unbranched alkanes of at least 4 members (excludes halogenated alkanes) is 2. The zero-order valence-electron chi connectivity index (χ0n) is 31.3. The van der Waals surface area contributed by atoms with E-state index >= 15 is 0 Å². The smallest absolute Gasteiger partial charge is 0.234 e. The predicted molar refractivity (Wildman–Crippen MR) is 202 cm³/mol. The molecule has 0 aromatic heterocycles. The Labute approximate surface area is 308 Å². The molecule has 1 unspecified atom stereocenters. The molecule has 1 aromatic carbocycles. The van der Waals surface area contributed by atoms with Gasteiger partial charge in [-0.2, -0.15) is 0 Å². The third-order valence-electron chi connectivity index (χ3n) is 9.15. The Morgan fingerprint density at radius 2 is 1.50 bits per heavy atom. The van der Waals surface area contributed by atoms with Gasteiger partial charge >= 0.3 is 0 Å². The molecule has 0 saturated heterocycles. The maximum atomic E-state index is 13.8. The van der Waals surface area contributed by atoms with Crippen LogP contribution < -0.4 is 50.2 Å². The van der Waals surface area contributed by atoms with Crippen LogP contribution in [0.25, 0.3) is 0 Å². The average Bonchev–Trinajstić information content (AvgIpc) is 3.13. The Kier molecular flexibility index (Phi) is 21.4. The van der Waals surface area contributed by atoms with E-state index in [-0.39, 0.29) is 31.7 Å². The maximum absolute atomic E-state index is 13.8. The first-order valence-corrected chi connectivity index (χ1v) is 18.2. The van der Waals surface area contributed by atoms with Gasteiger partial charge in [-0.25, -0.2) is 10.9 Å². The Hall–Kier alpha value is -3.54. The Bertz CT molecular complexity index is 1320. The molecule has 0 saturated carbocycles. The first-order valence-electron chi connectivity index (χ1n) is 18.2. The summed E-state index contributed by atoms with van der Waals surface area (Å²) in [6.45, 7) is 6.90. The number of nitrogens with two attached hydrogens (primary N) is 5. The molecule has 1 amide bonds. The predicted octanol–water partition coefficient (Wildman–Crippen LogP) is -0.0722. The Morgan fingerprint density at radius 1 is 0.885 bits per heavy atom. The van der Waals surface area contributed by atoms with Crippen LogP contribution in [0.3, 0.4) is 0 Å². The van der Waals surface area contributed by atoms with Crippen LogP contribution in [0.5, 0.6) is 0 Å². The number of aldehydes is 1. The fraction of sp³-hybridized carbons (Fsp3) is 0.622. The molecule has 1 aromatic rings. The van der Waals surface area contributed by atoms with Crippen LogP contribution in [0, 0.1) is 5.92 Å². The van der Waals surface area contributed by atoms with Gasteiger partial charge in [-0.3, -0.25) is 29.3 Å². The van der Waals surface area contributed by atoms with E-state index < -0.39 is 64.5 Å². The number of hydrogen-bond acceptors (Lipinski definition) is 14. The molecule has 6 atom stereocenters. The van der Waals surface area contributed by atoms with Crippen molar-refractivity contribution >= 4 is 35.3 Å². The Morgan fingerprint density at radius 3 is 2.06 bits per heavy atom. The largest absolute Gasteiger partial charge is 0.344 e. The van der Waals surface area contributed by atoms with E-state index in [2.05, 4.69) is 21.5 Å². The van der Waals surface area contributed by atoms with Gasteiger partial charge in [0.1, 0.15) is 12.6 Å². The normalized spacial score (nSPS) is 16.3. The number of nitrogens with one attached hydrogen (secondary N) is 4.